The molecule has 1 N–H and O–H groups in total. The lowest BCUT2D eigenvalue weighted by Gasteiger charge is -2.13. The summed E-state index contributed by atoms with van der Waals surface area (Å²) in [6, 6.07) is 1.61. The minimum atomic E-state index is -4.71. The predicted molar refractivity (Wildman–Crippen MR) is 90.3 cm³/mol. The monoisotopic (exact) mass is 400 g/mol. The fourth-order valence-corrected chi connectivity index (χ4v) is 3.01. The van der Waals surface area contributed by atoms with Gasteiger partial charge in [0.15, 0.2) is 5.82 Å². The molecule has 2 aromatic rings. The van der Waals surface area contributed by atoms with Gasteiger partial charge < -0.3 is 5.32 Å². The van der Waals surface area contributed by atoms with Crippen LogP contribution in [0, 0.1) is 5.82 Å². The van der Waals surface area contributed by atoms with Crippen LogP contribution in [0.5, 0.6) is 0 Å². The smallest absolute Gasteiger partial charge is 0.344 e. The van der Waals surface area contributed by atoms with Crippen LogP contribution in [-0.2, 0) is 17.5 Å². The molecule has 0 aliphatic carbocycles. The first-order valence-electron chi connectivity index (χ1n) is 8.56. The van der Waals surface area contributed by atoms with E-state index in [0.717, 1.165) is 0 Å². The van der Waals surface area contributed by atoms with Crippen LogP contribution in [0.3, 0.4) is 0 Å². The van der Waals surface area contributed by atoms with Gasteiger partial charge in [-0.15, -0.1) is 0 Å². The first kappa shape index (κ1) is 20.0. The van der Waals surface area contributed by atoms with Crippen LogP contribution in [0.2, 0.25) is 0 Å². The summed E-state index contributed by atoms with van der Waals surface area (Å²) < 4.78 is 66.4. The Morgan fingerprint density at radius 1 is 1.36 bits per heavy atom. The van der Waals surface area contributed by atoms with E-state index in [2.05, 4.69) is 22.0 Å². The van der Waals surface area contributed by atoms with Gasteiger partial charge in [-0.1, -0.05) is 6.58 Å². The Morgan fingerprint density at radius 2 is 2.11 bits per heavy atom. The first-order valence-corrected chi connectivity index (χ1v) is 8.56. The molecular formula is C18H17F5N4O. The van der Waals surface area contributed by atoms with Gasteiger partial charge in [0.25, 0.3) is 0 Å². The maximum absolute atomic E-state index is 14.0. The summed E-state index contributed by atoms with van der Waals surface area (Å²) >= 11 is 0. The molecule has 0 bridgehead atoms. The quantitative estimate of drug-likeness (QED) is 0.590. The van der Waals surface area contributed by atoms with Gasteiger partial charge in [0.05, 0.1) is 30.3 Å². The number of nitrogens with zero attached hydrogens (tertiary/aromatic N) is 3. The second kappa shape index (κ2) is 7.69. The molecule has 3 rings (SSSR count). The summed E-state index contributed by atoms with van der Waals surface area (Å²) in [5, 5.41) is 6.91. The van der Waals surface area contributed by atoms with E-state index >= 15 is 0 Å². The van der Waals surface area contributed by atoms with Gasteiger partial charge in [0.1, 0.15) is 5.69 Å². The summed E-state index contributed by atoms with van der Waals surface area (Å²) in [5.74, 6) is -1.35. The zero-order valence-electron chi connectivity index (χ0n) is 14.7. The van der Waals surface area contributed by atoms with Crippen LogP contribution >= 0.6 is 0 Å². The first-order chi connectivity index (χ1) is 13.2. The second-order valence-corrected chi connectivity index (χ2v) is 6.44. The molecule has 10 heteroatoms. The third-order valence-electron chi connectivity index (χ3n) is 4.46. The highest BCUT2D eigenvalue weighted by Gasteiger charge is 2.34. The van der Waals surface area contributed by atoms with E-state index in [1.54, 1.807) is 0 Å². The molecule has 0 saturated carbocycles. The number of hydrogen-bond donors (Lipinski definition) is 1. The van der Waals surface area contributed by atoms with Crippen LogP contribution < -0.4 is 5.32 Å². The number of alkyl halides is 4. The summed E-state index contributed by atoms with van der Waals surface area (Å²) in [5.41, 5.74) is -0.722. The molecule has 1 atom stereocenters. The molecule has 28 heavy (non-hydrogen) atoms. The highest BCUT2D eigenvalue weighted by Crippen LogP contribution is 2.34. The molecule has 3 heterocycles. The number of aromatic nitrogens is 3. The Morgan fingerprint density at radius 3 is 2.79 bits per heavy atom. The molecule has 1 unspecified atom stereocenters. The zero-order chi connectivity index (χ0) is 20.5. The fraction of sp³-hybridized carbons (Fsp3) is 0.389. The van der Waals surface area contributed by atoms with Crippen molar-refractivity contribution in [2.24, 2.45) is 0 Å². The normalized spacial score (nSPS) is 16.1. The zero-order valence-corrected chi connectivity index (χ0v) is 14.7. The van der Waals surface area contributed by atoms with Crippen molar-refractivity contribution in [3.63, 3.8) is 0 Å². The summed E-state index contributed by atoms with van der Waals surface area (Å²) in [6.07, 6.45) is -3.25. The van der Waals surface area contributed by atoms with Crippen molar-refractivity contribution in [2.45, 2.75) is 38.0 Å². The molecular weight excluding hydrogens is 383 g/mol. The number of pyridine rings is 1. The summed E-state index contributed by atoms with van der Waals surface area (Å²) in [6.45, 7) is 3.48. The molecule has 0 spiro atoms. The molecule has 1 aliphatic heterocycles. The lowest BCUT2D eigenvalue weighted by atomic mass is 10.1. The van der Waals surface area contributed by atoms with Crippen LogP contribution in [0.1, 0.15) is 36.7 Å². The van der Waals surface area contributed by atoms with E-state index in [-0.39, 0.29) is 29.7 Å². The van der Waals surface area contributed by atoms with Crippen LogP contribution in [0.15, 0.2) is 30.5 Å². The van der Waals surface area contributed by atoms with Gasteiger partial charge in [-0.25, -0.2) is 9.37 Å². The SMILES string of the molecule is C=C(CCCF)C(=O)NC1CCn2nc(-c3cc(C(F)(F)F)ncc3F)cc21. The van der Waals surface area contributed by atoms with Crippen molar-refractivity contribution < 1.29 is 26.7 Å². The van der Waals surface area contributed by atoms with Crippen LogP contribution in [0.4, 0.5) is 22.0 Å². The second-order valence-electron chi connectivity index (χ2n) is 6.44. The Bertz CT molecular complexity index is 906. The van der Waals surface area contributed by atoms with Crippen LogP contribution in [0.25, 0.3) is 11.3 Å². The van der Waals surface area contributed by atoms with E-state index in [1.165, 1.54) is 10.7 Å². The molecule has 0 saturated heterocycles. The van der Waals surface area contributed by atoms with Crippen LogP contribution in [-0.4, -0.2) is 27.3 Å². The number of rotatable bonds is 6. The lowest BCUT2D eigenvalue weighted by molar-refractivity contribution is -0.141. The number of carbonyl (C=O) groups excluding carboxylic acids is 1. The Hall–Kier alpha value is -2.78. The molecule has 1 aliphatic rings. The van der Waals surface area contributed by atoms with E-state index in [9.17, 15) is 26.7 Å². The van der Waals surface area contributed by atoms with Crippen molar-refractivity contribution in [3.05, 3.63) is 47.7 Å². The van der Waals surface area contributed by atoms with E-state index in [0.29, 0.717) is 30.9 Å². The Balaban J connectivity index is 1.82. The van der Waals surface area contributed by atoms with Gasteiger partial charge in [-0.2, -0.15) is 18.3 Å². The van der Waals surface area contributed by atoms with Gasteiger partial charge >= 0.3 is 6.18 Å². The highest BCUT2D eigenvalue weighted by atomic mass is 19.4. The number of carbonyl (C=O) groups is 1. The van der Waals surface area contributed by atoms with E-state index < -0.39 is 36.3 Å². The Kier molecular flexibility index (Phi) is 5.48. The van der Waals surface area contributed by atoms with Gasteiger partial charge in [0, 0.05) is 17.7 Å². The number of aryl methyl sites for hydroxylation is 1. The molecule has 0 radical (unpaired) electrons. The summed E-state index contributed by atoms with van der Waals surface area (Å²) in [4.78, 5) is 15.2. The predicted octanol–water partition coefficient (Wildman–Crippen LogP) is 3.97. The highest BCUT2D eigenvalue weighted by molar-refractivity contribution is 5.93. The minimum absolute atomic E-state index is 0.0237. The van der Waals surface area contributed by atoms with E-state index in [1.807, 2.05) is 0 Å². The molecule has 0 fully saturated rings. The lowest BCUT2D eigenvalue weighted by Crippen LogP contribution is -2.28. The topological polar surface area (TPSA) is 59.8 Å². The maximum Gasteiger partial charge on any atom is 0.433 e. The number of fused-ring (bicyclic) bond motifs is 1. The molecule has 0 aromatic carbocycles. The fourth-order valence-electron chi connectivity index (χ4n) is 3.01. The van der Waals surface area contributed by atoms with Crippen molar-refractivity contribution in [3.8, 4) is 11.3 Å². The molecule has 1 amide bonds. The number of halogens is 5. The molecule has 2 aromatic heterocycles. The van der Waals surface area contributed by atoms with Gasteiger partial charge in [0.2, 0.25) is 5.91 Å². The average Bonchev–Trinajstić information content (AvgIpc) is 3.20. The molecule has 150 valence electrons. The molecule has 5 nitrogen and oxygen atoms in total. The van der Waals surface area contributed by atoms with Crippen molar-refractivity contribution in [2.75, 3.05) is 6.67 Å². The van der Waals surface area contributed by atoms with Crippen molar-refractivity contribution in [1.29, 1.82) is 0 Å². The standard InChI is InChI=1S/C18H17F5N4O/c1-10(3-2-5-19)17(28)25-13-4-6-27-15(13)8-14(26-27)11-7-16(18(21,22)23)24-9-12(11)20/h7-9,13H,1-6H2,(H,25,28). The Labute approximate surface area is 157 Å². The third kappa shape index (κ3) is 4.05. The number of nitrogens with one attached hydrogen (secondary N) is 1. The van der Waals surface area contributed by atoms with Gasteiger partial charge in [-0.3, -0.25) is 13.9 Å². The third-order valence-corrected chi connectivity index (χ3v) is 4.46. The average molecular weight is 400 g/mol. The summed E-state index contributed by atoms with van der Waals surface area (Å²) in [7, 11) is 0. The minimum Gasteiger partial charge on any atom is -0.344 e. The largest absolute Gasteiger partial charge is 0.433 e. The number of hydrogen-bond acceptors (Lipinski definition) is 3. The van der Waals surface area contributed by atoms with E-state index in [4.69, 9.17) is 0 Å². The van der Waals surface area contributed by atoms with Crippen molar-refractivity contribution in [1.82, 2.24) is 20.1 Å². The number of amides is 1. The van der Waals surface area contributed by atoms with Gasteiger partial charge in [-0.05, 0) is 31.4 Å². The maximum atomic E-state index is 14.0. The van der Waals surface area contributed by atoms with Crippen molar-refractivity contribution >= 4 is 5.91 Å².